The molecule has 0 aliphatic heterocycles. The van der Waals surface area contributed by atoms with Gasteiger partial charge in [0.1, 0.15) is 5.54 Å². The molecule has 0 unspecified atom stereocenters. The van der Waals surface area contributed by atoms with E-state index in [1.165, 1.54) is 25.8 Å². The molecule has 0 heterocycles. The number of amides is 1. The fourth-order valence-electron chi connectivity index (χ4n) is 1.09. The van der Waals surface area contributed by atoms with E-state index in [-0.39, 0.29) is 5.91 Å². The molecule has 0 saturated heterocycles. The third-order valence-corrected chi connectivity index (χ3v) is 2.63. The van der Waals surface area contributed by atoms with Crippen LogP contribution in [0.25, 0.3) is 0 Å². The lowest BCUT2D eigenvalue weighted by Gasteiger charge is -2.31. The lowest BCUT2D eigenvalue weighted by molar-refractivity contribution is -0.155. The summed E-state index contributed by atoms with van der Waals surface area (Å²) < 4.78 is 0. The van der Waals surface area contributed by atoms with Crippen molar-refractivity contribution in [2.75, 3.05) is 13.6 Å². The second-order valence-corrected chi connectivity index (χ2v) is 4.68. The quantitative estimate of drug-likeness (QED) is 0.704. The van der Waals surface area contributed by atoms with Crippen molar-refractivity contribution >= 4 is 11.9 Å². The summed E-state index contributed by atoms with van der Waals surface area (Å²) in [5, 5.41) is 12.1. The zero-order chi connectivity index (χ0) is 12.9. The summed E-state index contributed by atoms with van der Waals surface area (Å²) in [4.78, 5) is 23.9. The molecule has 0 spiro atoms. The van der Waals surface area contributed by atoms with Gasteiger partial charge in [-0.25, -0.2) is 4.79 Å². The van der Waals surface area contributed by atoms with Gasteiger partial charge in [0, 0.05) is 26.1 Å². The molecule has 2 N–H and O–H groups in total. The smallest absolute Gasteiger partial charge is 0.329 e. The fraction of sp³-hybridized carbons (Fsp3) is 0.818. The van der Waals surface area contributed by atoms with Gasteiger partial charge in [0.25, 0.3) is 0 Å². The van der Waals surface area contributed by atoms with Crippen LogP contribution in [0, 0.1) is 0 Å². The van der Waals surface area contributed by atoms with Gasteiger partial charge in [-0.1, -0.05) is 13.8 Å². The van der Waals surface area contributed by atoms with E-state index in [0.29, 0.717) is 19.0 Å². The molecule has 0 radical (unpaired) electrons. The van der Waals surface area contributed by atoms with E-state index in [0.717, 1.165) is 0 Å². The molecular weight excluding hydrogens is 208 g/mol. The molecule has 0 saturated carbocycles. The van der Waals surface area contributed by atoms with Gasteiger partial charge in [-0.2, -0.15) is 0 Å². The molecule has 5 nitrogen and oxygen atoms in total. The highest BCUT2D eigenvalue weighted by Gasteiger charge is 2.34. The maximum Gasteiger partial charge on any atom is 0.329 e. The van der Waals surface area contributed by atoms with Crippen molar-refractivity contribution in [3.8, 4) is 0 Å². The SMILES string of the molecule is CC(C)NCCC(=O)N(C)C(C)(C)C(=O)O. The molecule has 0 aromatic rings. The average molecular weight is 230 g/mol. The van der Waals surface area contributed by atoms with Gasteiger partial charge < -0.3 is 15.3 Å². The molecule has 0 aromatic heterocycles. The summed E-state index contributed by atoms with van der Waals surface area (Å²) in [5.74, 6) is -1.17. The van der Waals surface area contributed by atoms with Crippen LogP contribution < -0.4 is 5.32 Å². The Kier molecular flexibility index (Phi) is 5.44. The Morgan fingerprint density at radius 2 is 1.88 bits per heavy atom. The van der Waals surface area contributed by atoms with Gasteiger partial charge in [0.2, 0.25) is 5.91 Å². The predicted molar refractivity (Wildman–Crippen MR) is 62.2 cm³/mol. The predicted octanol–water partition coefficient (Wildman–Crippen LogP) is 0.696. The molecule has 0 bridgehead atoms. The number of carbonyl (C=O) groups excluding carboxylic acids is 1. The number of rotatable bonds is 6. The molecule has 0 aliphatic carbocycles. The van der Waals surface area contributed by atoms with E-state index in [1.807, 2.05) is 13.8 Å². The van der Waals surface area contributed by atoms with Gasteiger partial charge in [-0.05, 0) is 13.8 Å². The van der Waals surface area contributed by atoms with Crippen molar-refractivity contribution in [3.05, 3.63) is 0 Å². The minimum Gasteiger partial charge on any atom is -0.480 e. The van der Waals surface area contributed by atoms with Crippen molar-refractivity contribution < 1.29 is 14.7 Å². The van der Waals surface area contributed by atoms with Crippen LogP contribution in [0.1, 0.15) is 34.1 Å². The molecule has 0 fully saturated rings. The van der Waals surface area contributed by atoms with E-state index in [1.54, 1.807) is 0 Å². The van der Waals surface area contributed by atoms with Crippen LogP contribution in [-0.4, -0.2) is 47.1 Å². The first-order chi connectivity index (χ1) is 7.19. The number of hydrogen-bond donors (Lipinski definition) is 2. The number of carboxylic acids is 1. The first kappa shape index (κ1) is 14.9. The van der Waals surface area contributed by atoms with Crippen LogP contribution in [-0.2, 0) is 9.59 Å². The highest BCUT2D eigenvalue weighted by atomic mass is 16.4. The third-order valence-electron chi connectivity index (χ3n) is 2.63. The van der Waals surface area contributed by atoms with E-state index < -0.39 is 11.5 Å². The molecule has 1 amide bonds. The summed E-state index contributed by atoms with van der Waals surface area (Å²) in [6.45, 7) is 7.59. The number of aliphatic carboxylic acids is 1. The molecule has 0 rings (SSSR count). The van der Waals surface area contributed by atoms with E-state index in [2.05, 4.69) is 5.32 Å². The van der Waals surface area contributed by atoms with Crippen LogP contribution in [0.15, 0.2) is 0 Å². The van der Waals surface area contributed by atoms with E-state index in [4.69, 9.17) is 5.11 Å². The number of nitrogens with one attached hydrogen (secondary N) is 1. The number of nitrogens with zero attached hydrogens (tertiary/aromatic N) is 1. The highest BCUT2D eigenvalue weighted by Crippen LogP contribution is 2.13. The zero-order valence-electron chi connectivity index (χ0n) is 10.7. The molecular formula is C11H22N2O3. The lowest BCUT2D eigenvalue weighted by atomic mass is 10.0. The van der Waals surface area contributed by atoms with Crippen LogP contribution in [0.5, 0.6) is 0 Å². The van der Waals surface area contributed by atoms with Gasteiger partial charge in [-0.3, -0.25) is 4.79 Å². The van der Waals surface area contributed by atoms with Crippen molar-refractivity contribution in [3.63, 3.8) is 0 Å². The second kappa shape index (κ2) is 5.84. The Labute approximate surface area is 96.8 Å². The standard InChI is InChI=1S/C11H22N2O3/c1-8(2)12-7-6-9(14)13(5)11(3,4)10(15)16/h8,12H,6-7H2,1-5H3,(H,15,16). The molecule has 0 aromatic carbocycles. The highest BCUT2D eigenvalue weighted by molar-refractivity contribution is 5.86. The van der Waals surface area contributed by atoms with Crippen LogP contribution in [0.4, 0.5) is 0 Å². The van der Waals surface area contributed by atoms with Crippen LogP contribution >= 0.6 is 0 Å². The normalized spacial score (nSPS) is 11.6. The Morgan fingerprint density at radius 1 is 1.38 bits per heavy atom. The van der Waals surface area contributed by atoms with Gasteiger partial charge in [-0.15, -0.1) is 0 Å². The van der Waals surface area contributed by atoms with Gasteiger partial charge in [0.15, 0.2) is 0 Å². The van der Waals surface area contributed by atoms with Crippen molar-refractivity contribution in [2.45, 2.75) is 45.7 Å². The monoisotopic (exact) mass is 230 g/mol. The minimum atomic E-state index is -1.16. The number of carbonyl (C=O) groups is 2. The first-order valence-corrected chi connectivity index (χ1v) is 5.43. The van der Waals surface area contributed by atoms with Crippen LogP contribution in [0.3, 0.4) is 0 Å². The van der Waals surface area contributed by atoms with E-state index in [9.17, 15) is 9.59 Å². The minimum absolute atomic E-state index is 0.166. The Hall–Kier alpha value is -1.10. The van der Waals surface area contributed by atoms with Crippen LogP contribution in [0.2, 0.25) is 0 Å². The Balaban J connectivity index is 4.24. The van der Waals surface area contributed by atoms with Gasteiger partial charge >= 0.3 is 5.97 Å². The average Bonchev–Trinajstić information content (AvgIpc) is 2.15. The first-order valence-electron chi connectivity index (χ1n) is 5.43. The molecule has 0 aliphatic rings. The summed E-state index contributed by atoms with van der Waals surface area (Å²) in [6, 6.07) is 0.325. The summed E-state index contributed by atoms with van der Waals surface area (Å²) in [5.41, 5.74) is -1.16. The summed E-state index contributed by atoms with van der Waals surface area (Å²) in [6.07, 6.45) is 0.311. The molecule has 16 heavy (non-hydrogen) atoms. The lowest BCUT2D eigenvalue weighted by Crippen LogP contribution is -2.51. The zero-order valence-corrected chi connectivity index (χ0v) is 10.7. The number of carboxylic acid groups (broad SMARTS) is 1. The third kappa shape index (κ3) is 4.18. The van der Waals surface area contributed by atoms with Crippen molar-refractivity contribution in [1.82, 2.24) is 10.2 Å². The van der Waals surface area contributed by atoms with Gasteiger partial charge in [0.05, 0.1) is 0 Å². The number of likely N-dealkylation sites (N-methyl/N-ethyl adjacent to an activating group) is 1. The van der Waals surface area contributed by atoms with Crippen molar-refractivity contribution in [2.24, 2.45) is 0 Å². The topological polar surface area (TPSA) is 69.6 Å². The number of hydrogen-bond acceptors (Lipinski definition) is 3. The maximum atomic E-state index is 11.7. The molecule has 0 atom stereocenters. The van der Waals surface area contributed by atoms with Crippen molar-refractivity contribution in [1.29, 1.82) is 0 Å². The maximum absolute atomic E-state index is 11.7. The summed E-state index contributed by atoms with van der Waals surface area (Å²) >= 11 is 0. The van der Waals surface area contributed by atoms with E-state index >= 15 is 0 Å². The second-order valence-electron chi connectivity index (χ2n) is 4.68. The summed E-state index contributed by atoms with van der Waals surface area (Å²) in [7, 11) is 1.52. The largest absolute Gasteiger partial charge is 0.480 e. The molecule has 94 valence electrons. The fourth-order valence-corrected chi connectivity index (χ4v) is 1.09. The Bertz CT molecular complexity index is 262. The molecule has 5 heteroatoms. The Morgan fingerprint density at radius 3 is 2.25 bits per heavy atom.